The van der Waals surface area contributed by atoms with Crippen LogP contribution in [0.1, 0.15) is 117 Å². The van der Waals surface area contributed by atoms with Crippen LogP contribution < -0.4 is 0 Å². The SMILES string of the molecule is CCCCCCCCCC(OCC)C(C1CCCC1)C1CCCC1. The maximum atomic E-state index is 6.37. The Morgan fingerprint density at radius 1 is 0.708 bits per heavy atom. The van der Waals surface area contributed by atoms with Crippen molar-refractivity contribution in [3.63, 3.8) is 0 Å². The normalized spacial score (nSPS) is 21.1. The Bertz CT molecular complexity index is 272. The second-order valence-electron chi connectivity index (χ2n) is 8.57. The molecule has 142 valence electrons. The molecule has 0 spiro atoms. The smallest absolute Gasteiger partial charge is 0.0608 e. The molecule has 0 aromatic rings. The van der Waals surface area contributed by atoms with E-state index in [9.17, 15) is 0 Å². The minimum atomic E-state index is 0.567. The standard InChI is InChI=1S/C23H44O/c1-3-5-6-7-8-9-10-19-22(24-4-2)23(20-15-11-12-16-20)21-17-13-14-18-21/h20-23H,3-19H2,1-2H3. The summed E-state index contributed by atoms with van der Waals surface area (Å²) < 4.78 is 6.37. The Balaban J connectivity index is 1.80. The molecule has 0 aromatic carbocycles. The molecule has 0 amide bonds. The van der Waals surface area contributed by atoms with Crippen LogP contribution in [0.15, 0.2) is 0 Å². The molecular formula is C23H44O. The summed E-state index contributed by atoms with van der Waals surface area (Å²) in [5, 5.41) is 0. The highest BCUT2D eigenvalue weighted by Gasteiger charge is 2.38. The van der Waals surface area contributed by atoms with Crippen LogP contribution in [0.2, 0.25) is 0 Å². The number of hydrogen-bond donors (Lipinski definition) is 0. The van der Waals surface area contributed by atoms with Crippen LogP contribution >= 0.6 is 0 Å². The van der Waals surface area contributed by atoms with E-state index in [2.05, 4.69) is 13.8 Å². The lowest BCUT2D eigenvalue weighted by atomic mass is 9.74. The largest absolute Gasteiger partial charge is 0.378 e. The second kappa shape index (κ2) is 12.3. The van der Waals surface area contributed by atoms with E-state index in [4.69, 9.17) is 4.74 Å². The van der Waals surface area contributed by atoms with Crippen LogP contribution in [0, 0.1) is 17.8 Å². The molecule has 1 nitrogen and oxygen atoms in total. The third-order valence-electron chi connectivity index (χ3n) is 6.79. The molecule has 0 radical (unpaired) electrons. The van der Waals surface area contributed by atoms with Gasteiger partial charge in [-0.3, -0.25) is 0 Å². The van der Waals surface area contributed by atoms with E-state index >= 15 is 0 Å². The summed E-state index contributed by atoms with van der Waals surface area (Å²) in [6, 6.07) is 0. The van der Waals surface area contributed by atoms with Crippen molar-refractivity contribution in [3.05, 3.63) is 0 Å². The molecule has 2 aliphatic carbocycles. The maximum absolute atomic E-state index is 6.37. The Hall–Kier alpha value is -0.0400. The van der Waals surface area contributed by atoms with Crippen LogP contribution in [0.5, 0.6) is 0 Å². The molecule has 0 aromatic heterocycles. The minimum absolute atomic E-state index is 0.567. The van der Waals surface area contributed by atoms with Gasteiger partial charge in [0, 0.05) is 6.61 Å². The highest BCUT2D eigenvalue weighted by Crippen LogP contribution is 2.45. The van der Waals surface area contributed by atoms with E-state index in [1.54, 1.807) is 0 Å². The van der Waals surface area contributed by atoms with E-state index in [-0.39, 0.29) is 0 Å². The van der Waals surface area contributed by atoms with Crippen molar-refractivity contribution in [1.29, 1.82) is 0 Å². The van der Waals surface area contributed by atoms with Crippen LogP contribution in [-0.2, 0) is 4.74 Å². The highest BCUT2D eigenvalue weighted by molar-refractivity contribution is 4.88. The van der Waals surface area contributed by atoms with E-state index in [1.165, 1.54) is 103 Å². The van der Waals surface area contributed by atoms with Crippen LogP contribution in [0.25, 0.3) is 0 Å². The average Bonchev–Trinajstić information content (AvgIpc) is 3.28. The van der Waals surface area contributed by atoms with Crippen molar-refractivity contribution >= 4 is 0 Å². The quantitative estimate of drug-likeness (QED) is 0.316. The van der Waals surface area contributed by atoms with Gasteiger partial charge in [-0.1, -0.05) is 103 Å². The van der Waals surface area contributed by atoms with Gasteiger partial charge in [-0.15, -0.1) is 0 Å². The molecule has 2 rings (SSSR count). The summed E-state index contributed by atoms with van der Waals surface area (Å²) in [6.07, 6.45) is 23.7. The Morgan fingerprint density at radius 2 is 1.21 bits per heavy atom. The Kier molecular flexibility index (Phi) is 10.4. The summed E-state index contributed by atoms with van der Waals surface area (Å²) in [5.41, 5.74) is 0. The molecule has 1 atom stereocenters. The first-order valence-corrected chi connectivity index (χ1v) is 11.5. The third kappa shape index (κ3) is 6.70. The fourth-order valence-corrected chi connectivity index (χ4v) is 5.58. The topological polar surface area (TPSA) is 9.23 Å². The first kappa shape index (κ1) is 20.3. The van der Waals surface area contributed by atoms with Gasteiger partial charge in [0.15, 0.2) is 0 Å². The third-order valence-corrected chi connectivity index (χ3v) is 6.79. The lowest BCUT2D eigenvalue weighted by molar-refractivity contribution is -0.0294. The molecule has 0 aliphatic heterocycles. The van der Waals surface area contributed by atoms with E-state index in [1.807, 2.05) is 0 Å². The lowest BCUT2D eigenvalue weighted by Gasteiger charge is -2.36. The van der Waals surface area contributed by atoms with Gasteiger partial charge >= 0.3 is 0 Å². The Morgan fingerprint density at radius 3 is 1.71 bits per heavy atom. The molecule has 0 N–H and O–H groups in total. The molecule has 2 saturated carbocycles. The van der Waals surface area contributed by atoms with Crippen molar-refractivity contribution < 1.29 is 4.74 Å². The van der Waals surface area contributed by atoms with E-state index in [0.29, 0.717) is 6.10 Å². The van der Waals surface area contributed by atoms with Gasteiger partial charge in [-0.25, -0.2) is 0 Å². The summed E-state index contributed by atoms with van der Waals surface area (Å²) in [7, 11) is 0. The molecule has 2 fully saturated rings. The molecule has 0 bridgehead atoms. The van der Waals surface area contributed by atoms with Crippen molar-refractivity contribution in [1.82, 2.24) is 0 Å². The molecule has 1 unspecified atom stereocenters. The summed E-state index contributed by atoms with van der Waals surface area (Å²) in [4.78, 5) is 0. The minimum Gasteiger partial charge on any atom is -0.378 e. The zero-order chi connectivity index (χ0) is 17.0. The number of rotatable bonds is 13. The Labute approximate surface area is 152 Å². The van der Waals surface area contributed by atoms with Crippen molar-refractivity contribution in [3.8, 4) is 0 Å². The van der Waals surface area contributed by atoms with Crippen LogP contribution in [0.4, 0.5) is 0 Å². The highest BCUT2D eigenvalue weighted by atomic mass is 16.5. The second-order valence-corrected chi connectivity index (χ2v) is 8.57. The van der Waals surface area contributed by atoms with Gasteiger partial charge in [-0.2, -0.15) is 0 Å². The number of ether oxygens (including phenoxy) is 1. The fraction of sp³-hybridized carbons (Fsp3) is 1.00. The number of unbranched alkanes of at least 4 members (excludes halogenated alkanes) is 6. The molecule has 24 heavy (non-hydrogen) atoms. The van der Waals surface area contributed by atoms with Gasteiger partial charge in [0.1, 0.15) is 0 Å². The van der Waals surface area contributed by atoms with Gasteiger partial charge < -0.3 is 4.74 Å². The average molecular weight is 337 g/mol. The zero-order valence-electron chi connectivity index (χ0n) is 16.7. The monoisotopic (exact) mass is 336 g/mol. The predicted molar refractivity (Wildman–Crippen MR) is 105 cm³/mol. The van der Waals surface area contributed by atoms with Gasteiger partial charge in [0.2, 0.25) is 0 Å². The van der Waals surface area contributed by atoms with E-state index < -0.39 is 0 Å². The summed E-state index contributed by atoms with van der Waals surface area (Å²) >= 11 is 0. The number of hydrogen-bond acceptors (Lipinski definition) is 1. The molecule has 0 saturated heterocycles. The van der Waals surface area contributed by atoms with Crippen molar-refractivity contribution in [2.24, 2.45) is 17.8 Å². The predicted octanol–water partition coefficient (Wildman–Crippen LogP) is 7.53. The molecule has 0 heterocycles. The van der Waals surface area contributed by atoms with Crippen molar-refractivity contribution in [2.45, 2.75) is 123 Å². The zero-order valence-corrected chi connectivity index (χ0v) is 16.7. The van der Waals surface area contributed by atoms with Gasteiger partial charge in [0.25, 0.3) is 0 Å². The molecular weight excluding hydrogens is 292 g/mol. The summed E-state index contributed by atoms with van der Waals surface area (Å²) in [5.74, 6) is 2.85. The first-order valence-electron chi connectivity index (χ1n) is 11.5. The molecule has 2 aliphatic rings. The van der Waals surface area contributed by atoms with Crippen molar-refractivity contribution in [2.75, 3.05) is 6.61 Å². The fourth-order valence-electron chi connectivity index (χ4n) is 5.58. The molecule has 1 heteroatoms. The maximum Gasteiger partial charge on any atom is 0.0608 e. The van der Waals surface area contributed by atoms with Gasteiger partial charge in [-0.05, 0) is 31.1 Å². The lowest BCUT2D eigenvalue weighted by Crippen LogP contribution is -2.34. The van der Waals surface area contributed by atoms with E-state index in [0.717, 1.165) is 24.4 Å². The summed E-state index contributed by atoms with van der Waals surface area (Å²) in [6.45, 7) is 5.42. The van der Waals surface area contributed by atoms with Crippen LogP contribution in [0.3, 0.4) is 0 Å². The first-order chi connectivity index (χ1) is 11.9. The van der Waals surface area contributed by atoms with Crippen LogP contribution in [-0.4, -0.2) is 12.7 Å². The van der Waals surface area contributed by atoms with Gasteiger partial charge in [0.05, 0.1) is 6.10 Å².